The summed E-state index contributed by atoms with van der Waals surface area (Å²) in [6.45, 7) is 4.61. The molecule has 2 aromatic carbocycles. The molecule has 1 amide bonds. The van der Waals surface area contributed by atoms with Gasteiger partial charge in [-0.2, -0.15) is 17.5 Å². The highest BCUT2D eigenvalue weighted by molar-refractivity contribution is 7.89. The summed E-state index contributed by atoms with van der Waals surface area (Å²) in [6.07, 6.45) is -4.90. The fourth-order valence-corrected chi connectivity index (χ4v) is 4.69. The van der Waals surface area contributed by atoms with Crippen LogP contribution >= 0.6 is 0 Å². The molecule has 0 spiro atoms. The summed E-state index contributed by atoms with van der Waals surface area (Å²) in [6, 6.07) is 8.49. The first-order valence-electron chi connectivity index (χ1n) is 10.3. The largest absolute Gasteiger partial charge is 0.489 e. The zero-order valence-corrected chi connectivity index (χ0v) is 19.0. The fraction of sp³-hybridized carbons (Fsp3) is 0.409. The van der Waals surface area contributed by atoms with Crippen molar-refractivity contribution in [3.05, 3.63) is 53.6 Å². The Morgan fingerprint density at radius 2 is 1.76 bits per heavy atom. The summed E-state index contributed by atoms with van der Waals surface area (Å²) in [4.78, 5) is 12.6. The van der Waals surface area contributed by atoms with E-state index in [-0.39, 0.29) is 41.9 Å². The number of ether oxygens (including phenoxy) is 2. The highest BCUT2D eigenvalue weighted by atomic mass is 32.2. The van der Waals surface area contributed by atoms with E-state index in [0.29, 0.717) is 18.8 Å². The summed E-state index contributed by atoms with van der Waals surface area (Å²) < 4.78 is 76.4. The molecule has 7 nitrogen and oxygen atoms in total. The van der Waals surface area contributed by atoms with Gasteiger partial charge in [-0.1, -0.05) is 12.1 Å². The van der Waals surface area contributed by atoms with Crippen LogP contribution in [0.1, 0.15) is 25.0 Å². The molecule has 11 heteroatoms. The molecule has 1 fully saturated rings. The molecule has 0 unspecified atom stereocenters. The maximum Gasteiger partial charge on any atom is 0.416 e. The molecular formula is C22H25F3N2O5S. The van der Waals surface area contributed by atoms with Crippen molar-refractivity contribution in [2.45, 2.75) is 37.4 Å². The van der Waals surface area contributed by atoms with Crippen molar-refractivity contribution in [1.82, 2.24) is 4.31 Å². The van der Waals surface area contributed by atoms with E-state index in [1.807, 2.05) is 0 Å². The van der Waals surface area contributed by atoms with Crippen LogP contribution in [0.4, 0.5) is 18.9 Å². The molecule has 1 heterocycles. The minimum absolute atomic E-state index is 0.00895. The third-order valence-electron chi connectivity index (χ3n) is 4.84. The van der Waals surface area contributed by atoms with E-state index in [9.17, 15) is 26.4 Å². The number of carbonyl (C=O) groups is 1. The number of hydrogen-bond donors (Lipinski definition) is 1. The Morgan fingerprint density at radius 3 is 2.33 bits per heavy atom. The van der Waals surface area contributed by atoms with E-state index < -0.39 is 27.7 Å². The number of carbonyl (C=O) groups excluding carboxylic acids is 1. The zero-order chi connectivity index (χ0) is 24.2. The van der Waals surface area contributed by atoms with Crippen LogP contribution in [0.2, 0.25) is 0 Å². The van der Waals surface area contributed by atoms with E-state index in [4.69, 9.17) is 9.47 Å². The van der Waals surface area contributed by atoms with Crippen LogP contribution in [0.3, 0.4) is 0 Å². The molecule has 180 valence electrons. The van der Waals surface area contributed by atoms with E-state index >= 15 is 0 Å². The average Bonchev–Trinajstić information content (AvgIpc) is 2.75. The molecule has 0 bridgehead atoms. The summed E-state index contributed by atoms with van der Waals surface area (Å²) in [5.41, 5.74) is -0.265. The standard InChI is InChI=1S/C22H25F3N2O5S/c1-15(2)32-20-8-7-18(33(29,30)27-9-11-31-12-10-27)14-19(20)26-21(28)13-16-3-5-17(6-4-16)22(23,24)25/h3-8,14-15H,9-13H2,1-2H3,(H,26,28). The number of nitrogens with zero attached hydrogens (tertiary/aromatic N) is 1. The lowest BCUT2D eigenvalue weighted by molar-refractivity contribution is -0.137. The van der Waals surface area contributed by atoms with E-state index in [0.717, 1.165) is 12.1 Å². The predicted molar refractivity (Wildman–Crippen MR) is 116 cm³/mol. The molecule has 0 saturated carbocycles. The van der Waals surface area contributed by atoms with Gasteiger partial charge in [0.1, 0.15) is 5.75 Å². The van der Waals surface area contributed by atoms with Crippen molar-refractivity contribution < 1.29 is 35.9 Å². The molecule has 1 saturated heterocycles. The number of sulfonamides is 1. The molecule has 3 rings (SSSR count). The van der Waals surface area contributed by atoms with Gasteiger partial charge in [0.2, 0.25) is 15.9 Å². The minimum atomic E-state index is -4.46. The lowest BCUT2D eigenvalue weighted by atomic mass is 10.1. The lowest BCUT2D eigenvalue weighted by Gasteiger charge is -2.26. The summed E-state index contributed by atoms with van der Waals surface area (Å²) in [7, 11) is -3.80. The summed E-state index contributed by atoms with van der Waals surface area (Å²) in [5.74, 6) is -0.240. The van der Waals surface area contributed by atoms with E-state index in [2.05, 4.69) is 5.32 Å². The number of morpholine rings is 1. The van der Waals surface area contributed by atoms with Crippen molar-refractivity contribution >= 4 is 21.6 Å². The van der Waals surface area contributed by atoms with Crippen LogP contribution in [0.5, 0.6) is 5.75 Å². The van der Waals surface area contributed by atoms with Crippen LogP contribution in [0.15, 0.2) is 47.4 Å². The van der Waals surface area contributed by atoms with Gasteiger partial charge < -0.3 is 14.8 Å². The van der Waals surface area contributed by atoms with Crippen molar-refractivity contribution in [3.63, 3.8) is 0 Å². The van der Waals surface area contributed by atoms with Crippen molar-refractivity contribution in [1.29, 1.82) is 0 Å². The SMILES string of the molecule is CC(C)Oc1ccc(S(=O)(=O)N2CCOCC2)cc1NC(=O)Cc1ccc(C(F)(F)F)cc1. The quantitative estimate of drug-likeness (QED) is 0.645. The van der Waals surface area contributed by atoms with Crippen molar-refractivity contribution in [2.24, 2.45) is 0 Å². The normalized spacial score (nSPS) is 15.5. The van der Waals surface area contributed by atoms with Crippen molar-refractivity contribution in [3.8, 4) is 5.75 Å². The van der Waals surface area contributed by atoms with Gasteiger partial charge in [-0.25, -0.2) is 8.42 Å². The lowest BCUT2D eigenvalue weighted by Crippen LogP contribution is -2.40. The molecular weight excluding hydrogens is 461 g/mol. The molecule has 2 aromatic rings. The number of halogens is 3. The van der Waals surface area contributed by atoms with Gasteiger partial charge >= 0.3 is 6.18 Å². The summed E-state index contributed by atoms with van der Waals surface area (Å²) >= 11 is 0. The molecule has 1 aliphatic rings. The Bertz CT molecular complexity index is 1080. The van der Waals surface area contributed by atoms with Crippen molar-refractivity contribution in [2.75, 3.05) is 31.6 Å². The Labute approximate surface area is 190 Å². The first kappa shape index (κ1) is 25.0. The van der Waals surface area contributed by atoms with Gasteiger partial charge in [0.25, 0.3) is 0 Å². The third-order valence-corrected chi connectivity index (χ3v) is 6.74. The smallest absolute Gasteiger partial charge is 0.416 e. The molecule has 33 heavy (non-hydrogen) atoms. The number of benzene rings is 2. The Balaban J connectivity index is 1.82. The van der Waals surface area contributed by atoms with Gasteiger partial charge in [-0.05, 0) is 49.7 Å². The number of rotatable bonds is 7. The molecule has 1 N–H and O–H groups in total. The van der Waals surface area contributed by atoms with Crippen LogP contribution in [0.25, 0.3) is 0 Å². The Morgan fingerprint density at radius 1 is 1.12 bits per heavy atom. The van der Waals surface area contributed by atoms with Gasteiger partial charge in [-0.15, -0.1) is 0 Å². The van der Waals surface area contributed by atoms with Gasteiger partial charge in [0.05, 0.1) is 41.9 Å². The Kier molecular flexibility index (Phi) is 7.65. The zero-order valence-electron chi connectivity index (χ0n) is 18.2. The minimum Gasteiger partial charge on any atom is -0.489 e. The topological polar surface area (TPSA) is 84.9 Å². The number of alkyl halides is 3. The number of anilines is 1. The second kappa shape index (κ2) is 10.1. The maximum absolute atomic E-state index is 13.0. The molecule has 1 aliphatic heterocycles. The monoisotopic (exact) mass is 486 g/mol. The van der Waals surface area contributed by atoms with Crippen LogP contribution in [-0.4, -0.2) is 51.0 Å². The fourth-order valence-electron chi connectivity index (χ4n) is 3.25. The van der Waals surface area contributed by atoms with Gasteiger partial charge in [-0.3, -0.25) is 4.79 Å². The van der Waals surface area contributed by atoms with Gasteiger partial charge in [0.15, 0.2) is 0 Å². The molecule has 0 atom stereocenters. The van der Waals surface area contributed by atoms with E-state index in [1.54, 1.807) is 13.8 Å². The highest BCUT2D eigenvalue weighted by Gasteiger charge is 2.30. The van der Waals surface area contributed by atoms with Crippen LogP contribution < -0.4 is 10.1 Å². The maximum atomic E-state index is 13.0. The van der Waals surface area contributed by atoms with Crippen LogP contribution in [-0.2, 0) is 32.2 Å². The molecule has 0 aliphatic carbocycles. The van der Waals surface area contributed by atoms with E-state index in [1.165, 1.54) is 34.6 Å². The average molecular weight is 487 g/mol. The highest BCUT2D eigenvalue weighted by Crippen LogP contribution is 2.31. The summed E-state index contributed by atoms with van der Waals surface area (Å²) in [5, 5.41) is 2.63. The van der Waals surface area contributed by atoms with Crippen LogP contribution in [0, 0.1) is 0 Å². The number of amides is 1. The first-order valence-corrected chi connectivity index (χ1v) is 11.8. The second-order valence-corrected chi connectivity index (χ2v) is 9.70. The Hall–Kier alpha value is -2.63. The number of nitrogens with one attached hydrogen (secondary N) is 1. The number of hydrogen-bond acceptors (Lipinski definition) is 5. The molecule has 0 radical (unpaired) electrons. The first-order chi connectivity index (χ1) is 15.5. The third kappa shape index (κ3) is 6.46. The second-order valence-electron chi connectivity index (χ2n) is 7.76. The molecule has 0 aromatic heterocycles. The van der Waals surface area contributed by atoms with Gasteiger partial charge in [0, 0.05) is 13.1 Å². The predicted octanol–water partition coefficient (Wildman–Crippen LogP) is 3.69.